The number of benzene rings is 1. The number of aliphatic hydroxyl groups is 2. The molecule has 2 atom stereocenters. The van der Waals surface area contributed by atoms with Gasteiger partial charge in [0.1, 0.15) is 0 Å². The molecule has 1 aromatic carbocycles. The van der Waals surface area contributed by atoms with E-state index >= 15 is 0 Å². The van der Waals surface area contributed by atoms with Crippen molar-refractivity contribution >= 4 is 0 Å². The van der Waals surface area contributed by atoms with E-state index in [2.05, 4.69) is 5.32 Å². The molecule has 0 fully saturated rings. The Morgan fingerprint density at radius 3 is 2.47 bits per heavy atom. The zero-order chi connectivity index (χ0) is 11.3. The third kappa shape index (κ3) is 4.00. The smallest absolute Gasteiger partial charge is 0.0992 e. The van der Waals surface area contributed by atoms with Gasteiger partial charge in [0.15, 0.2) is 0 Å². The van der Waals surface area contributed by atoms with Gasteiger partial charge in [-0.25, -0.2) is 0 Å². The largest absolute Gasteiger partial charge is 0.392 e. The second-order valence-electron chi connectivity index (χ2n) is 4.12. The standard InChI is InChI=1S/C12H19NO2/c1-10(14)8-13-9-12(2,15)11-6-4-3-5-7-11/h3-7,10,13-15H,8-9H2,1-2H3. The molecule has 0 spiro atoms. The van der Waals surface area contributed by atoms with Gasteiger partial charge in [0.25, 0.3) is 0 Å². The summed E-state index contributed by atoms with van der Waals surface area (Å²) in [4.78, 5) is 0. The molecule has 2 unspecified atom stereocenters. The van der Waals surface area contributed by atoms with Gasteiger partial charge in [-0.05, 0) is 19.4 Å². The molecule has 0 radical (unpaired) electrons. The molecule has 84 valence electrons. The van der Waals surface area contributed by atoms with E-state index in [1.807, 2.05) is 30.3 Å². The van der Waals surface area contributed by atoms with Crippen LogP contribution in [0, 0.1) is 0 Å². The highest BCUT2D eigenvalue weighted by Gasteiger charge is 2.21. The van der Waals surface area contributed by atoms with Crippen molar-refractivity contribution in [1.82, 2.24) is 5.32 Å². The molecule has 0 aliphatic heterocycles. The third-order valence-electron chi connectivity index (χ3n) is 2.30. The highest BCUT2D eigenvalue weighted by Crippen LogP contribution is 2.18. The molecule has 3 heteroatoms. The molecule has 3 N–H and O–H groups in total. The number of aliphatic hydroxyl groups excluding tert-OH is 1. The fourth-order valence-electron chi connectivity index (χ4n) is 1.42. The molecule has 1 rings (SSSR count). The molecule has 0 saturated carbocycles. The summed E-state index contributed by atoms with van der Waals surface area (Å²) in [5.41, 5.74) is -0.0148. The summed E-state index contributed by atoms with van der Waals surface area (Å²) in [6.45, 7) is 4.40. The van der Waals surface area contributed by atoms with Crippen molar-refractivity contribution in [2.45, 2.75) is 25.6 Å². The summed E-state index contributed by atoms with van der Waals surface area (Å²) < 4.78 is 0. The Balaban J connectivity index is 2.52. The van der Waals surface area contributed by atoms with Crippen LogP contribution in [0.15, 0.2) is 30.3 Å². The second kappa shape index (κ2) is 5.26. The summed E-state index contributed by atoms with van der Waals surface area (Å²) in [7, 11) is 0. The van der Waals surface area contributed by atoms with Gasteiger partial charge in [0, 0.05) is 13.1 Å². The summed E-state index contributed by atoms with van der Waals surface area (Å²) >= 11 is 0. The molecular formula is C12H19NO2. The van der Waals surface area contributed by atoms with Crippen LogP contribution in [-0.4, -0.2) is 29.4 Å². The van der Waals surface area contributed by atoms with E-state index in [9.17, 15) is 5.11 Å². The van der Waals surface area contributed by atoms with Gasteiger partial charge in [0.05, 0.1) is 11.7 Å². The number of hydrogen-bond acceptors (Lipinski definition) is 3. The Morgan fingerprint density at radius 2 is 1.93 bits per heavy atom. The van der Waals surface area contributed by atoms with Crippen molar-refractivity contribution in [3.63, 3.8) is 0 Å². The SMILES string of the molecule is CC(O)CNCC(C)(O)c1ccccc1. The van der Waals surface area contributed by atoms with E-state index < -0.39 is 11.7 Å². The van der Waals surface area contributed by atoms with E-state index in [0.717, 1.165) is 5.56 Å². The van der Waals surface area contributed by atoms with Gasteiger partial charge in [-0.1, -0.05) is 30.3 Å². The first kappa shape index (κ1) is 12.2. The lowest BCUT2D eigenvalue weighted by molar-refractivity contribution is 0.0534. The van der Waals surface area contributed by atoms with Crippen LogP contribution in [-0.2, 0) is 5.60 Å². The maximum absolute atomic E-state index is 10.2. The summed E-state index contributed by atoms with van der Waals surface area (Å²) in [5, 5.41) is 22.3. The lowest BCUT2D eigenvalue weighted by Crippen LogP contribution is -2.38. The molecule has 0 bridgehead atoms. The van der Waals surface area contributed by atoms with Crippen molar-refractivity contribution in [2.75, 3.05) is 13.1 Å². The van der Waals surface area contributed by atoms with Crippen molar-refractivity contribution in [2.24, 2.45) is 0 Å². The van der Waals surface area contributed by atoms with E-state index in [1.54, 1.807) is 13.8 Å². The van der Waals surface area contributed by atoms with Gasteiger partial charge in [-0.2, -0.15) is 0 Å². The number of rotatable bonds is 5. The quantitative estimate of drug-likeness (QED) is 0.674. The van der Waals surface area contributed by atoms with Crippen molar-refractivity contribution in [3.8, 4) is 0 Å². The Kier molecular flexibility index (Phi) is 4.27. The summed E-state index contributed by atoms with van der Waals surface area (Å²) in [5.74, 6) is 0. The van der Waals surface area contributed by atoms with E-state index in [1.165, 1.54) is 0 Å². The predicted octanol–water partition coefficient (Wildman–Crippen LogP) is 0.865. The Hall–Kier alpha value is -0.900. The molecule has 0 aromatic heterocycles. The Morgan fingerprint density at radius 1 is 1.33 bits per heavy atom. The summed E-state index contributed by atoms with van der Waals surface area (Å²) in [6.07, 6.45) is -0.392. The van der Waals surface area contributed by atoms with Gasteiger partial charge < -0.3 is 15.5 Å². The first-order valence-electron chi connectivity index (χ1n) is 5.19. The van der Waals surface area contributed by atoms with E-state index in [-0.39, 0.29) is 0 Å². The van der Waals surface area contributed by atoms with Crippen molar-refractivity contribution < 1.29 is 10.2 Å². The maximum Gasteiger partial charge on any atom is 0.0992 e. The molecule has 0 amide bonds. The third-order valence-corrected chi connectivity index (χ3v) is 2.30. The zero-order valence-electron chi connectivity index (χ0n) is 9.27. The van der Waals surface area contributed by atoms with Gasteiger partial charge in [-0.3, -0.25) is 0 Å². The van der Waals surface area contributed by atoms with Crippen LogP contribution in [0.3, 0.4) is 0 Å². The lowest BCUT2D eigenvalue weighted by Gasteiger charge is -2.24. The maximum atomic E-state index is 10.2. The predicted molar refractivity (Wildman–Crippen MR) is 60.6 cm³/mol. The average molecular weight is 209 g/mol. The fourth-order valence-corrected chi connectivity index (χ4v) is 1.42. The Bertz CT molecular complexity index is 283. The van der Waals surface area contributed by atoms with E-state index in [0.29, 0.717) is 13.1 Å². The summed E-state index contributed by atoms with van der Waals surface area (Å²) in [6, 6.07) is 9.51. The lowest BCUT2D eigenvalue weighted by atomic mass is 9.96. The number of hydrogen-bond donors (Lipinski definition) is 3. The zero-order valence-corrected chi connectivity index (χ0v) is 9.27. The van der Waals surface area contributed by atoms with Gasteiger partial charge in [-0.15, -0.1) is 0 Å². The van der Waals surface area contributed by atoms with Crippen LogP contribution >= 0.6 is 0 Å². The minimum Gasteiger partial charge on any atom is -0.392 e. The average Bonchev–Trinajstić information content (AvgIpc) is 2.18. The van der Waals surface area contributed by atoms with Crippen LogP contribution in [0.2, 0.25) is 0 Å². The minimum atomic E-state index is -0.893. The molecule has 1 aromatic rings. The van der Waals surface area contributed by atoms with Gasteiger partial charge >= 0.3 is 0 Å². The van der Waals surface area contributed by atoms with Crippen LogP contribution in [0.4, 0.5) is 0 Å². The molecular weight excluding hydrogens is 190 g/mol. The topological polar surface area (TPSA) is 52.5 Å². The Labute approximate surface area is 90.8 Å². The molecule has 0 heterocycles. The number of nitrogens with one attached hydrogen (secondary N) is 1. The van der Waals surface area contributed by atoms with Crippen molar-refractivity contribution in [1.29, 1.82) is 0 Å². The first-order chi connectivity index (χ1) is 7.02. The second-order valence-corrected chi connectivity index (χ2v) is 4.12. The van der Waals surface area contributed by atoms with Crippen LogP contribution in [0.25, 0.3) is 0 Å². The van der Waals surface area contributed by atoms with E-state index in [4.69, 9.17) is 5.11 Å². The molecule has 0 saturated heterocycles. The monoisotopic (exact) mass is 209 g/mol. The molecule has 0 aliphatic carbocycles. The minimum absolute atomic E-state index is 0.392. The van der Waals surface area contributed by atoms with Crippen LogP contribution in [0.1, 0.15) is 19.4 Å². The molecule has 0 aliphatic rings. The highest BCUT2D eigenvalue weighted by atomic mass is 16.3. The van der Waals surface area contributed by atoms with Crippen LogP contribution in [0.5, 0.6) is 0 Å². The van der Waals surface area contributed by atoms with Crippen LogP contribution < -0.4 is 5.32 Å². The molecule has 3 nitrogen and oxygen atoms in total. The fraction of sp³-hybridized carbons (Fsp3) is 0.500. The molecule has 15 heavy (non-hydrogen) atoms. The normalized spacial score (nSPS) is 17.1. The van der Waals surface area contributed by atoms with Crippen molar-refractivity contribution in [3.05, 3.63) is 35.9 Å². The highest BCUT2D eigenvalue weighted by molar-refractivity contribution is 5.21. The van der Waals surface area contributed by atoms with Gasteiger partial charge in [0.2, 0.25) is 0 Å². The first-order valence-corrected chi connectivity index (χ1v) is 5.19.